The fourth-order valence-corrected chi connectivity index (χ4v) is 1.50. The van der Waals surface area contributed by atoms with Gasteiger partial charge in [-0.3, -0.25) is 10.00 Å². The third-order valence-electron chi connectivity index (χ3n) is 2.21. The Morgan fingerprint density at radius 1 is 1.81 bits per heavy atom. The number of carbonyl (C=O) groups excluding carboxylic acids is 1. The van der Waals surface area contributed by atoms with Gasteiger partial charge in [0.15, 0.2) is 0 Å². The van der Waals surface area contributed by atoms with E-state index in [2.05, 4.69) is 16.3 Å². The van der Waals surface area contributed by atoms with Gasteiger partial charge in [0.05, 0.1) is 19.3 Å². The largest absolute Gasteiger partial charge is 0.468 e. The molecular formula is C11H15N3O2. The molecule has 1 unspecified atom stereocenters. The van der Waals surface area contributed by atoms with Crippen LogP contribution in [-0.2, 0) is 16.6 Å². The Kier molecular flexibility index (Phi) is 4.09. The zero-order valence-electron chi connectivity index (χ0n) is 9.65. The fraction of sp³-hybridized carbons (Fsp3) is 0.455. The molecule has 16 heavy (non-hydrogen) atoms. The topological polar surface area (TPSA) is 56.1 Å². The summed E-state index contributed by atoms with van der Waals surface area (Å²) in [6.07, 6.45) is 6.93. The van der Waals surface area contributed by atoms with Crippen molar-refractivity contribution in [2.75, 3.05) is 13.7 Å². The monoisotopic (exact) mass is 221 g/mol. The molecular weight excluding hydrogens is 206 g/mol. The van der Waals surface area contributed by atoms with Gasteiger partial charge in [-0.1, -0.05) is 5.92 Å². The molecule has 5 nitrogen and oxygen atoms in total. The smallest absolute Gasteiger partial charge is 0.327 e. The molecule has 0 fully saturated rings. The van der Waals surface area contributed by atoms with Crippen LogP contribution in [0.25, 0.3) is 0 Å². The van der Waals surface area contributed by atoms with Crippen LogP contribution in [0.3, 0.4) is 0 Å². The summed E-state index contributed by atoms with van der Waals surface area (Å²) in [5.41, 5.74) is 1.56. The van der Waals surface area contributed by atoms with Gasteiger partial charge in [-0.2, -0.15) is 5.10 Å². The second kappa shape index (κ2) is 5.33. The Morgan fingerprint density at radius 2 is 2.50 bits per heavy atom. The van der Waals surface area contributed by atoms with E-state index in [1.54, 1.807) is 17.9 Å². The summed E-state index contributed by atoms with van der Waals surface area (Å²) in [4.78, 5) is 11.6. The quantitative estimate of drug-likeness (QED) is 0.581. The molecule has 0 saturated carbocycles. The van der Waals surface area contributed by atoms with Crippen LogP contribution in [0.15, 0.2) is 6.20 Å². The van der Waals surface area contributed by atoms with Gasteiger partial charge >= 0.3 is 5.97 Å². The molecule has 1 heterocycles. The highest BCUT2D eigenvalue weighted by Gasteiger charge is 2.24. The molecule has 1 rings (SSSR count). The Balaban J connectivity index is 2.96. The standard InChI is InChI=1S/C11H15N3O2/c1-5-6-12-10(11(15)16-4)9-7-14(3)13-8(9)2/h1,7,10,12H,6H2,2-4H3. The van der Waals surface area contributed by atoms with Gasteiger partial charge < -0.3 is 4.74 Å². The van der Waals surface area contributed by atoms with Gasteiger partial charge in [0.2, 0.25) is 0 Å². The zero-order valence-corrected chi connectivity index (χ0v) is 9.65. The van der Waals surface area contributed by atoms with Gasteiger partial charge in [0.1, 0.15) is 6.04 Å². The maximum Gasteiger partial charge on any atom is 0.327 e. The summed E-state index contributed by atoms with van der Waals surface area (Å²) in [5, 5.41) is 7.10. The van der Waals surface area contributed by atoms with Gasteiger partial charge in [-0.25, -0.2) is 4.79 Å². The van der Waals surface area contributed by atoms with E-state index in [1.807, 2.05) is 6.92 Å². The molecule has 0 aliphatic carbocycles. The number of esters is 1. The molecule has 0 bridgehead atoms. The average molecular weight is 221 g/mol. The van der Waals surface area contributed by atoms with Gasteiger partial charge in [-0.15, -0.1) is 6.42 Å². The second-order valence-electron chi connectivity index (χ2n) is 3.38. The van der Waals surface area contributed by atoms with E-state index >= 15 is 0 Å². The molecule has 0 amide bonds. The Hall–Kier alpha value is -1.80. The van der Waals surface area contributed by atoms with Crippen molar-refractivity contribution < 1.29 is 9.53 Å². The molecule has 1 atom stereocenters. The SMILES string of the molecule is C#CCNC(C(=O)OC)c1cn(C)nc1C. The summed E-state index contributed by atoms with van der Waals surface area (Å²) in [5.74, 6) is 2.06. The predicted octanol–water partition coefficient (Wildman–Crippen LogP) is 0.165. The number of hydrogen-bond donors (Lipinski definition) is 1. The lowest BCUT2D eigenvalue weighted by atomic mass is 10.1. The highest BCUT2D eigenvalue weighted by atomic mass is 16.5. The van der Waals surface area contributed by atoms with Gasteiger partial charge in [-0.05, 0) is 6.92 Å². The summed E-state index contributed by atoms with van der Waals surface area (Å²) in [6, 6.07) is -0.560. The molecule has 0 radical (unpaired) electrons. The van der Waals surface area contributed by atoms with E-state index in [-0.39, 0.29) is 5.97 Å². The first-order chi connectivity index (χ1) is 7.60. The molecule has 5 heteroatoms. The van der Waals surface area contributed by atoms with Crippen LogP contribution >= 0.6 is 0 Å². The Labute approximate surface area is 94.8 Å². The number of aryl methyl sites for hydroxylation is 2. The Bertz CT molecular complexity index is 417. The highest BCUT2D eigenvalue weighted by Crippen LogP contribution is 2.17. The van der Waals surface area contributed by atoms with E-state index in [9.17, 15) is 4.79 Å². The van der Waals surface area contributed by atoms with Crippen molar-refractivity contribution in [2.45, 2.75) is 13.0 Å². The highest BCUT2D eigenvalue weighted by molar-refractivity contribution is 5.77. The van der Waals surface area contributed by atoms with Crippen LogP contribution in [-0.4, -0.2) is 29.4 Å². The van der Waals surface area contributed by atoms with Crippen molar-refractivity contribution in [3.8, 4) is 12.3 Å². The van der Waals surface area contributed by atoms with E-state index < -0.39 is 6.04 Å². The van der Waals surface area contributed by atoms with Crippen molar-refractivity contribution in [3.05, 3.63) is 17.5 Å². The van der Waals surface area contributed by atoms with Crippen molar-refractivity contribution in [1.29, 1.82) is 0 Å². The number of aromatic nitrogens is 2. The van der Waals surface area contributed by atoms with Crippen LogP contribution in [0.5, 0.6) is 0 Å². The van der Waals surface area contributed by atoms with Gasteiger partial charge in [0.25, 0.3) is 0 Å². The lowest BCUT2D eigenvalue weighted by Gasteiger charge is -2.13. The third-order valence-corrected chi connectivity index (χ3v) is 2.21. The normalized spacial score (nSPS) is 11.9. The van der Waals surface area contributed by atoms with Crippen LogP contribution in [0.2, 0.25) is 0 Å². The first kappa shape index (κ1) is 12.3. The summed E-state index contributed by atoms with van der Waals surface area (Å²) < 4.78 is 6.37. The van der Waals surface area contributed by atoms with Crippen LogP contribution in [0.1, 0.15) is 17.3 Å². The van der Waals surface area contributed by atoms with Crippen molar-refractivity contribution in [2.24, 2.45) is 7.05 Å². The minimum absolute atomic E-state index is 0.300. The number of carbonyl (C=O) groups is 1. The molecule has 1 aromatic rings. The Morgan fingerprint density at radius 3 is 2.94 bits per heavy atom. The lowest BCUT2D eigenvalue weighted by molar-refractivity contribution is -0.143. The van der Waals surface area contributed by atoms with E-state index in [0.717, 1.165) is 11.3 Å². The number of ether oxygens (including phenoxy) is 1. The molecule has 0 aliphatic rings. The molecule has 0 spiro atoms. The van der Waals surface area contributed by atoms with Crippen molar-refractivity contribution in [3.63, 3.8) is 0 Å². The van der Waals surface area contributed by atoms with E-state index in [4.69, 9.17) is 11.2 Å². The minimum atomic E-state index is -0.560. The maximum atomic E-state index is 11.6. The summed E-state index contributed by atoms with van der Waals surface area (Å²) in [6.45, 7) is 2.14. The predicted molar refractivity (Wildman–Crippen MR) is 59.5 cm³/mol. The molecule has 86 valence electrons. The minimum Gasteiger partial charge on any atom is -0.468 e. The first-order valence-corrected chi connectivity index (χ1v) is 4.85. The lowest BCUT2D eigenvalue weighted by Crippen LogP contribution is -2.30. The molecule has 1 aromatic heterocycles. The fourth-order valence-electron chi connectivity index (χ4n) is 1.50. The van der Waals surface area contributed by atoms with Crippen molar-refractivity contribution >= 4 is 5.97 Å². The average Bonchev–Trinajstić information content (AvgIpc) is 2.58. The molecule has 0 aliphatic heterocycles. The van der Waals surface area contributed by atoms with E-state index in [1.165, 1.54) is 7.11 Å². The molecule has 0 saturated heterocycles. The summed E-state index contributed by atoms with van der Waals surface area (Å²) >= 11 is 0. The second-order valence-corrected chi connectivity index (χ2v) is 3.38. The van der Waals surface area contributed by atoms with E-state index in [0.29, 0.717) is 6.54 Å². The van der Waals surface area contributed by atoms with Crippen molar-refractivity contribution in [1.82, 2.24) is 15.1 Å². The number of methoxy groups -OCH3 is 1. The van der Waals surface area contributed by atoms with Crippen LogP contribution < -0.4 is 5.32 Å². The van der Waals surface area contributed by atoms with Gasteiger partial charge in [0, 0.05) is 18.8 Å². The number of terminal acetylenes is 1. The maximum absolute atomic E-state index is 11.6. The van der Waals surface area contributed by atoms with Crippen LogP contribution in [0, 0.1) is 19.3 Å². The summed E-state index contributed by atoms with van der Waals surface area (Å²) in [7, 11) is 3.14. The number of hydrogen-bond acceptors (Lipinski definition) is 4. The number of nitrogens with zero attached hydrogens (tertiary/aromatic N) is 2. The number of rotatable bonds is 4. The molecule has 1 N–H and O–H groups in total. The third kappa shape index (κ3) is 2.61. The zero-order chi connectivity index (χ0) is 12.1. The van der Waals surface area contributed by atoms with Crippen LogP contribution in [0.4, 0.5) is 0 Å². The first-order valence-electron chi connectivity index (χ1n) is 4.85. The molecule has 0 aromatic carbocycles. The number of nitrogens with one attached hydrogen (secondary N) is 1.